The van der Waals surface area contributed by atoms with E-state index < -0.39 is 0 Å². The number of halogens is 1. The molecule has 1 fully saturated rings. The van der Waals surface area contributed by atoms with E-state index in [2.05, 4.69) is 10.00 Å². The highest BCUT2D eigenvalue weighted by Crippen LogP contribution is 2.25. The van der Waals surface area contributed by atoms with Gasteiger partial charge in [0.25, 0.3) is 0 Å². The Hall–Kier alpha value is -1.59. The summed E-state index contributed by atoms with van der Waals surface area (Å²) in [6.45, 7) is 3.58. The standard InChI is InChI=1S/C18H23ClN4O/c19-15-6-8-16(9-7-15)23-18(24)22-11-10-21(13-17(22)20-23)12-14-4-2-1-3-5-14/h6-9,14H,1-5,10-13H2. The maximum atomic E-state index is 12.6. The van der Waals surface area contributed by atoms with E-state index in [0.717, 1.165) is 43.6 Å². The molecule has 0 spiro atoms. The van der Waals surface area contributed by atoms with Gasteiger partial charge in [-0.1, -0.05) is 30.9 Å². The first kappa shape index (κ1) is 15.9. The third-order valence-electron chi connectivity index (χ3n) is 5.26. The highest BCUT2D eigenvalue weighted by Gasteiger charge is 2.25. The fraction of sp³-hybridized carbons (Fsp3) is 0.556. The molecule has 128 valence electrons. The summed E-state index contributed by atoms with van der Waals surface area (Å²) in [5.74, 6) is 1.69. The van der Waals surface area contributed by atoms with Crippen LogP contribution in [0.5, 0.6) is 0 Å². The van der Waals surface area contributed by atoms with Crippen LogP contribution in [0.3, 0.4) is 0 Å². The Morgan fingerprint density at radius 3 is 2.58 bits per heavy atom. The summed E-state index contributed by atoms with van der Waals surface area (Å²) >= 11 is 5.93. The Morgan fingerprint density at radius 2 is 1.83 bits per heavy atom. The van der Waals surface area contributed by atoms with Crippen molar-refractivity contribution in [1.29, 1.82) is 0 Å². The van der Waals surface area contributed by atoms with Crippen molar-refractivity contribution in [3.63, 3.8) is 0 Å². The van der Waals surface area contributed by atoms with Crippen LogP contribution in [0.15, 0.2) is 29.1 Å². The fourth-order valence-corrected chi connectivity index (χ4v) is 4.07. The zero-order valence-corrected chi connectivity index (χ0v) is 14.6. The van der Waals surface area contributed by atoms with Crippen LogP contribution in [-0.4, -0.2) is 32.3 Å². The molecule has 4 rings (SSSR count). The van der Waals surface area contributed by atoms with E-state index in [1.54, 1.807) is 12.1 Å². The molecule has 2 heterocycles. The Balaban J connectivity index is 1.52. The maximum Gasteiger partial charge on any atom is 0.350 e. The molecule has 24 heavy (non-hydrogen) atoms. The predicted molar refractivity (Wildman–Crippen MR) is 94.7 cm³/mol. The minimum Gasteiger partial charge on any atom is -0.294 e. The normalized spacial score (nSPS) is 19.4. The summed E-state index contributed by atoms with van der Waals surface area (Å²) in [6.07, 6.45) is 6.83. The van der Waals surface area contributed by atoms with Crippen molar-refractivity contribution in [1.82, 2.24) is 19.2 Å². The second kappa shape index (κ2) is 6.73. The molecule has 0 N–H and O–H groups in total. The van der Waals surface area contributed by atoms with Crippen LogP contribution < -0.4 is 5.69 Å². The molecule has 2 aromatic rings. The molecular formula is C18H23ClN4O. The van der Waals surface area contributed by atoms with Gasteiger partial charge in [0.2, 0.25) is 0 Å². The van der Waals surface area contributed by atoms with Crippen molar-refractivity contribution in [2.45, 2.75) is 45.2 Å². The summed E-state index contributed by atoms with van der Waals surface area (Å²) < 4.78 is 3.31. The lowest BCUT2D eigenvalue weighted by atomic mass is 9.89. The van der Waals surface area contributed by atoms with E-state index >= 15 is 0 Å². The first-order valence-electron chi connectivity index (χ1n) is 8.88. The van der Waals surface area contributed by atoms with Crippen molar-refractivity contribution in [2.75, 3.05) is 13.1 Å². The number of hydrogen-bond acceptors (Lipinski definition) is 3. The van der Waals surface area contributed by atoms with E-state index in [-0.39, 0.29) is 5.69 Å². The molecule has 1 aliphatic carbocycles. The Bertz CT molecular complexity index is 758. The topological polar surface area (TPSA) is 43.1 Å². The van der Waals surface area contributed by atoms with Crippen LogP contribution in [-0.2, 0) is 13.1 Å². The molecule has 0 radical (unpaired) electrons. The van der Waals surface area contributed by atoms with E-state index in [4.69, 9.17) is 11.6 Å². The summed E-state index contributed by atoms with van der Waals surface area (Å²) in [6, 6.07) is 7.25. The molecule has 1 aliphatic heterocycles. The van der Waals surface area contributed by atoms with Crippen LogP contribution >= 0.6 is 11.6 Å². The van der Waals surface area contributed by atoms with Gasteiger partial charge in [-0.25, -0.2) is 4.79 Å². The van der Waals surface area contributed by atoms with Gasteiger partial charge in [-0.2, -0.15) is 4.68 Å². The van der Waals surface area contributed by atoms with Gasteiger partial charge >= 0.3 is 5.69 Å². The monoisotopic (exact) mass is 346 g/mol. The van der Waals surface area contributed by atoms with Crippen LogP contribution in [0.2, 0.25) is 5.02 Å². The molecule has 1 saturated carbocycles. The molecule has 0 bridgehead atoms. The molecule has 0 unspecified atom stereocenters. The number of fused-ring (bicyclic) bond motifs is 1. The highest BCUT2D eigenvalue weighted by atomic mass is 35.5. The lowest BCUT2D eigenvalue weighted by molar-refractivity contribution is 0.164. The number of rotatable bonds is 3. The van der Waals surface area contributed by atoms with Gasteiger partial charge in [-0.3, -0.25) is 9.47 Å². The van der Waals surface area contributed by atoms with Gasteiger partial charge in [-0.05, 0) is 43.0 Å². The Morgan fingerprint density at radius 1 is 1.08 bits per heavy atom. The smallest absolute Gasteiger partial charge is 0.294 e. The van der Waals surface area contributed by atoms with Crippen molar-refractivity contribution >= 4 is 11.6 Å². The first-order valence-corrected chi connectivity index (χ1v) is 9.25. The zero-order valence-electron chi connectivity index (χ0n) is 13.8. The third kappa shape index (κ3) is 3.15. The van der Waals surface area contributed by atoms with Gasteiger partial charge in [0, 0.05) is 24.7 Å². The fourth-order valence-electron chi connectivity index (χ4n) is 3.94. The van der Waals surface area contributed by atoms with Crippen molar-refractivity contribution in [3.05, 3.63) is 45.6 Å². The average molecular weight is 347 g/mol. The second-order valence-corrected chi connectivity index (χ2v) is 7.41. The molecule has 6 heteroatoms. The van der Waals surface area contributed by atoms with Crippen LogP contribution in [0.4, 0.5) is 0 Å². The average Bonchev–Trinajstić information content (AvgIpc) is 2.93. The van der Waals surface area contributed by atoms with E-state index in [1.165, 1.54) is 36.8 Å². The second-order valence-electron chi connectivity index (χ2n) is 6.98. The lowest BCUT2D eigenvalue weighted by Crippen LogP contribution is -2.40. The van der Waals surface area contributed by atoms with Gasteiger partial charge in [0.05, 0.1) is 12.2 Å². The number of hydrogen-bond donors (Lipinski definition) is 0. The van der Waals surface area contributed by atoms with Crippen molar-refractivity contribution in [2.24, 2.45) is 5.92 Å². The summed E-state index contributed by atoms with van der Waals surface area (Å²) in [5.41, 5.74) is 0.717. The van der Waals surface area contributed by atoms with Gasteiger partial charge in [0.1, 0.15) is 5.82 Å². The summed E-state index contributed by atoms with van der Waals surface area (Å²) in [7, 11) is 0. The number of aromatic nitrogens is 3. The zero-order chi connectivity index (χ0) is 16.5. The van der Waals surface area contributed by atoms with Crippen LogP contribution in [0, 0.1) is 5.92 Å². The van der Waals surface area contributed by atoms with Gasteiger partial charge in [0.15, 0.2) is 0 Å². The van der Waals surface area contributed by atoms with Gasteiger partial charge in [-0.15, -0.1) is 5.10 Å². The largest absolute Gasteiger partial charge is 0.350 e. The Labute approximate surface area is 146 Å². The maximum absolute atomic E-state index is 12.6. The molecule has 5 nitrogen and oxygen atoms in total. The molecule has 1 aromatic heterocycles. The van der Waals surface area contributed by atoms with E-state index in [9.17, 15) is 4.79 Å². The van der Waals surface area contributed by atoms with Crippen molar-refractivity contribution in [3.8, 4) is 5.69 Å². The molecule has 2 aliphatic rings. The third-order valence-corrected chi connectivity index (χ3v) is 5.51. The number of nitrogens with zero attached hydrogens (tertiary/aromatic N) is 4. The summed E-state index contributed by atoms with van der Waals surface area (Å²) in [5, 5.41) is 5.24. The molecule has 0 saturated heterocycles. The summed E-state index contributed by atoms with van der Waals surface area (Å²) in [4.78, 5) is 15.1. The molecule has 1 aromatic carbocycles. The Kier molecular flexibility index (Phi) is 4.46. The van der Waals surface area contributed by atoms with Crippen LogP contribution in [0.25, 0.3) is 5.69 Å². The SMILES string of the molecule is O=c1n(-c2ccc(Cl)cc2)nc2n1CCN(CC1CCCCC1)C2. The predicted octanol–water partition coefficient (Wildman–Crippen LogP) is 3.08. The molecule has 0 atom stereocenters. The minimum absolute atomic E-state index is 0.0513. The first-order chi connectivity index (χ1) is 11.7. The van der Waals surface area contributed by atoms with E-state index in [0.29, 0.717) is 5.02 Å². The quantitative estimate of drug-likeness (QED) is 0.857. The highest BCUT2D eigenvalue weighted by molar-refractivity contribution is 6.30. The molecule has 0 amide bonds. The van der Waals surface area contributed by atoms with E-state index in [1.807, 2.05) is 16.7 Å². The van der Waals surface area contributed by atoms with Crippen molar-refractivity contribution < 1.29 is 0 Å². The minimum atomic E-state index is -0.0513. The lowest BCUT2D eigenvalue weighted by Gasteiger charge is -2.31. The van der Waals surface area contributed by atoms with Crippen LogP contribution in [0.1, 0.15) is 37.9 Å². The van der Waals surface area contributed by atoms with Gasteiger partial charge < -0.3 is 0 Å². The molecular weight excluding hydrogens is 324 g/mol. The number of benzene rings is 1.